The SMILES string of the molecule is CN(C)C1(C(N)=O)CCN(CCCN2c3ccccc3CCc3ccccc32)CC1. The molecular weight excluding hydrogens is 372 g/mol. The molecule has 2 heterocycles. The molecule has 1 fully saturated rings. The van der Waals surface area contributed by atoms with Crippen LogP contribution in [-0.2, 0) is 17.6 Å². The molecule has 2 aromatic rings. The van der Waals surface area contributed by atoms with Crippen LogP contribution in [0, 0.1) is 0 Å². The maximum atomic E-state index is 12.1. The number of carbonyl (C=O) groups excluding carboxylic acids is 1. The summed E-state index contributed by atoms with van der Waals surface area (Å²) in [6.07, 6.45) is 4.90. The van der Waals surface area contributed by atoms with E-state index in [1.54, 1.807) is 0 Å². The molecule has 30 heavy (non-hydrogen) atoms. The molecule has 2 aromatic carbocycles. The predicted octanol–water partition coefficient (Wildman–Crippen LogP) is 3.19. The number of benzene rings is 2. The number of primary amides is 1. The van der Waals surface area contributed by atoms with E-state index in [4.69, 9.17) is 5.73 Å². The van der Waals surface area contributed by atoms with Gasteiger partial charge in [0.15, 0.2) is 0 Å². The fourth-order valence-electron chi connectivity index (χ4n) is 5.12. The van der Waals surface area contributed by atoms with Crippen molar-refractivity contribution in [2.75, 3.05) is 45.2 Å². The number of rotatable bonds is 6. The van der Waals surface area contributed by atoms with Crippen molar-refractivity contribution in [3.05, 3.63) is 59.7 Å². The minimum Gasteiger partial charge on any atom is -0.368 e. The highest BCUT2D eigenvalue weighted by Crippen LogP contribution is 2.36. The molecule has 2 aliphatic heterocycles. The van der Waals surface area contributed by atoms with Crippen LogP contribution in [0.3, 0.4) is 0 Å². The van der Waals surface area contributed by atoms with Gasteiger partial charge in [-0.25, -0.2) is 0 Å². The number of nitrogens with two attached hydrogens (primary N) is 1. The van der Waals surface area contributed by atoms with E-state index >= 15 is 0 Å². The van der Waals surface area contributed by atoms with Crippen LogP contribution in [0.2, 0.25) is 0 Å². The minimum atomic E-state index is -0.487. The van der Waals surface area contributed by atoms with E-state index in [2.05, 4.69) is 58.3 Å². The number of nitrogens with zero attached hydrogens (tertiary/aromatic N) is 3. The average molecular weight is 407 g/mol. The van der Waals surface area contributed by atoms with Gasteiger partial charge in [0.2, 0.25) is 5.91 Å². The van der Waals surface area contributed by atoms with E-state index < -0.39 is 5.54 Å². The predicted molar refractivity (Wildman–Crippen MR) is 123 cm³/mol. The molecule has 1 saturated heterocycles. The number of amides is 1. The summed E-state index contributed by atoms with van der Waals surface area (Å²) in [7, 11) is 3.93. The zero-order chi connectivity index (χ0) is 21.1. The third-order valence-corrected chi connectivity index (χ3v) is 7.08. The molecule has 0 atom stereocenters. The molecule has 0 aromatic heterocycles. The number of likely N-dealkylation sites (tertiary alicyclic amines) is 1. The summed E-state index contributed by atoms with van der Waals surface area (Å²) in [5, 5.41) is 0. The highest BCUT2D eigenvalue weighted by molar-refractivity contribution is 5.84. The van der Waals surface area contributed by atoms with Gasteiger partial charge >= 0.3 is 0 Å². The Balaban J connectivity index is 1.42. The summed E-state index contributed by atoms with van der Waals surface area (Å²) in [5.74, 6) is -0.190. The topological polar surface area (TPSA) is 52.8 Å². The van der Waals surface area contributed by atoms with E-state index in [0.29, 0.717) is 0 Å². The number of fused-ring (bicyclic) bond motifs is 2. The average Bonchev–Trinajstić information content (AvgIpc) is 2.91. The largest absolute Gasteiger partial charge is 0.368 e. The fourth-order valence-corrected chi connectivity index (χ4v) is 5.12. The van der Waals surface area contributed by atoms with Crippen LogP contribution in [0.25, 0.3) is 0 Å². The van der Waals surface area contributed by atoms with Gasteiger partial charge in [-0.3, -0.25) is 9.69 Å². The van der Waals surface area contributed by atoms with Crippen LogP contribution in [0.15, 0.2) is 48.5 Å². The molecule has 1 amide bonds. The molecule has 0 unspecified atom stereocenters. The van der Waals surface area contributed by atoms with Gasteiger partial charge in [-0.15, -0.1) is 0 Å². The van der Waals surface area contributed by atoms with Crippen molar-refractivity contribution in [3.63, 3.8) is 0 Å². The minimum absolute atomic E-state index is 0.190. The molecule has 0 saturated carbocycles. The molecule has 0 bridgehead atoms. The van der Waals surface area contributed by atoms with Crippen LogP contribution >= 0.6 is 0 Å². The Morgan fingerprint density at radius 1 is 0.933 bits per heavy atom. The Labute approximate surface area is 180 Å². The van der Waals surface area contributed by atoms with Gasteiger partial charge in [-0.2, -0.15) is 0 Å². The molecule has 5 nitrogen and oxygen atoms in total. The van der Waals surface area contributed by atoms with Crippen molar-refractivity contribution in [2.24, 2.45) is 5.73 Å². The van der Waals surface area contributed by atoms with Crippen molar-refractivity contribution < 1.29 is 4.79 Å². The van der Waals surface area contributed by atoms with Crippen molar-refractivity contribution in [1.82, 2.24) is 9.80 Å². The number of para-hydroxylation sites is 2. The highest BCUT2D eigenvalue weighted by atomic mass is 16.1. The van der Waals surface area contributed by atoms with Gasteiger partial charge in [0, 0.05) is 31.0 Å². The molecule has 2 aliphatic rings. The Morgan fingerprint density at radius 2 is 1.47 bits per heavy atom. The Hall–Kier alpha value is -2.37. The molecule has 0 aliphatic carbocycles. The number of piperidine rings is 1. The van der Waals surface area contributed by atoms with Gasteiger partial charge in [0.1, 0.15) is 5.54 Å². The second-order valence-electron chi connectivity index (χ2n) is 8.89. The number of hydrogen-bond donors (Lipinski definition) is 1. The zero-order valence-electron chi connectivity index (χ0n) is 18.3. The Bertz CT molecular complexity index is 839. The quantitative estimate of drug-likeness (QED) is 0.801. The van der Waals surface area contributed by atoms with E-state index in [1.807, 2.05) is 19.0 Å². The van der Waals surface area contributed by atoms with E-state index in [1.165, 1.54) is 22.5 Å². The third-order valence-electron chi connectivity index (χ3n) is 7.08. The van der Waals surface area contributed by atoms with E-state index in [0.717, 1.165) is 58.3 Å². The number of likely N-dealkylation sites (N-methyl/N-ethyl adjacent to an activating group) is 1. The van der Waals surface area contributed by atoms with E-state index in [9.17, 15) is 4.79 Å². The van der Waals surface area contributed by atoms with Crippen LogP contribution in [0.5, 0.6) is 0 Å². The summed E-state index contributed by atoms with van der Waals surface area (Å²) in [5.41, 5.74) is 10.8. The van der Waals surface area contributed by atoms with E-state index in [-0.39, 0.29) is 5.91 Å². The second kappa shape index (κ2) is 8.78. The number of anilines is 2. The second-order valence-corrected chi connectivity index (χ2v) is 8.89. The lowest BCUT2D eigenvalue weighted by Crippen LogP contribution is -2.60. The van der Waals surface area contributed by atoms with Gasteiger partial charge in [0.25, 0.3) is 0 Å². The molecule has 0 spiro atoms. The zero-order valence-corrected chi connectivity index (χ0v) is 18.3. The Morgan fingerprint density at radius 3 is 1.97 bits per heavy atom. The first-order chi connectivity index (χ1) is 14.5. The first-order valence-corrected chi connectivity index (χ1v) is 11.1. The van der Waals surface area contributed by atoms with Gasteiger partial charge in [-0.1, -0.05) is 36.4 Å². The molecule has 160 valence electrons. The van der Waals surface area contributed by atoms with Crippen LogP contribution < -0.4 is 10.6 Å². The van der Waals surface area contributed by atoms with Crippen molar-refractivity contribution in [2.45, 2.75) is 37.6 Å². The maximum absolute atomic E-state index is 12.1. The summed E-state index contributed by atoms with van der Waals surface area (Å²) in [6.45, 7) is 3.89. The monoisotopic (exact) mass is 406 g/mol. The van der Waals surface area contributed by atoms with Gasteiger partial charge in [-0.05, 0) is 76.0 Å². The van der Waals surface area contributed by atoms with Gasteiger partial charge < -0.3 is 15.5 Å². The van der Waals surface area contributed by atoms with Crippen LogP contribution in [-0.4, -0.2) is 61.5 Å². The molecular formula is C25H34N4O. The Kier molecular flexibility index (Phi) is 6.11. The van der Waals surface area contributed by atoms with Gasteiger partial charge in [0.05, 0.1) is 0 Å². The lowest BCUT2D eigenvalue weighted by Gasteiger charge is -2.43. The third kappa shape index (κ3) is 3.96. The normalized spacial score (nSPS) is 18.6. The lowest BCUT2D eigenvalue weighted by atomic mass is 9.85. The van der Waals surface area contributed by atoms with Crippen LogP contribution in [0.4, 0.5) is 11.4 Å². The van der Waals surface area contributed by atoms with Crippen molar-refractivity contribution in [1.29, 1.82) is 0 Å². The molecule has 2 N–H and O–H groups in total. The summed E-state index contributed by atoms with van der Waals surface area (Å²) < 4.78 is 0. The smallest absolute Gasteiger partial charge is 0.238 e. The first-order valence-electron chi connectivity index (χ1n) is 11.1. The summed E-state index contributed by atoms with van der Waals surface area (Å²) in [4.78, 5) is 19.1. The standard InChI is InChI=1S/C25H34N4O/c1-27(2)25(24(26)30)14-18-28(19-15-25)16-7-17-29-22-10-5-3-8-20(22)12-13-21-9-4-6-11-23(21)29/h3-6,8-11H,7,12-19H2,1-2H3,(H2,26,30). The molecule has 5 heteroatoms. The summed E-state index contributed by atoms with van der Waals surface area (Å²) >= 11 is 0. The lowest BCUT2D eigenvalue weighted by molar-refractivity contribution is -0.131. The molecule has 4 rings (SSSR count). The van der Waals surface area contributed by atoms with Crippen LogP contribution in [0.1, 0.15) is 30.4 Å². The molecule has 0 radical (unpaired) electrons. The summed E-state index contributed by atoms with van der Waals surface area (Å²) in [6, 6.07) is 17.7. The number of aryl methyl sites for hydroxylation is 2. The fraction of sp³-hybridized carbons (Fsp3) is 0.480. The maximum Gasteiger partial charge on any atom is 0.238 e. The first kappa shape index (κ1) is 20.9. The van der Waals surface area contributed by atoms with Crippen molar-refractivity contribution >= 4 is 17.3 Å². The number of hydrogen-bond acceptors (Lipinski definition) is 4. The van der Waals surface area contributed by atoms with Crippen molar-refractivity contribution in [3.8, 4) is 0 Å². The highest BCUT2D eigenvalue weighted by Gasteiger charge is 2.41. The number of carbonyl (C=O) groups is 1.